The van der Waals surface area contributed by atoms with Crippen molar-refractivity contribution in [3.63, 3.8) is 0 Å². The van der Waals surface area contributed by atoms with Crippen molar-refractivity contribution in [2.45, 2.75) is 25.9 Å². The highest BCUT2D eigenvalue weighted by molar-refractivity contribution is 5.80. The van der Waals surface area contributed by atoms with E-state index in [0.29, 0.717) is 18.2 Å². The highest BCUT2D eigenvalue weighted by atomic mass is 16.4. The molecule has 0 radical (unpaired) electrons. The molecule has 1 saturated heterocycles. The van der Waals surface area contributed by atoms with Crippen molar-refractivity contribution in [3.05, 3.63) is 42.1 Å². The van der Waals surface area contributed by atoms with Crippen molar-refractivity contribution >= 4 is 5.96 Å². The van der Waals surface area contributed by atoms with Crippen molar-refractivity contribution in [2.75, 3.05) is 26.2 Å². The molecule has 7 nitrogen and oxygen atoms in total. The number of nitrogens with zero attached hydrogens (tertiary/aromatic N) is 4. The molecule has 136 valence electrons. The Balaban J connectivity index is 1.57. The Hall–Kier alpha value is -2.28. The predicted molar refractivity (Wildman–Crippen MR) is 96.2 cm³/mol. The zero-order valence-corrected chi connectivity index (χ0v) is 14.9. The zero-order chi connectivity index (χ0) is 17.6. The van der Waals surface area contributed by atoms with Gasteiger partial charge in [0.1, 0.15) is 11.9 Å². The second kappa shape index (κ2) is 8.20. The largest absolute Gasteiger partial charge is 0.467 e. The smallest absolute Gasteiger partial charge is 0.194 e. The van der Waals surface area contributed by atoms with Gasteiger partial charge in [-0.1, -0.05) is 0 Å². The summed E-state index contributed by atoms with van der Waals surface area (Å²) < 4.78 is 7.09. The Morgan fingerprint density at radius 3 is 3.12 bits per heavy atom. The van der Waals surface area contributed by atoms with Crippen LogP contribution in [0, 0.1) is 5.92 Å². The summed E-state index contributed by atoms with van der Waals surface area (Å²) in [6.45, 7) is 5.10. The van der Waals surface area contributed by atoms with Crippen LogP contribution in [0.25, 0.3) is 0 Å². The molecule has 0 spiro atoms. The third-order valence-corrected chi connectivity index (χ3v) is 4.49. The van der Waals surface area contributed by atoms with E-state index in [9.17, 15) is 5.11 Å². The number of guanidine groups is 1. The SMILES string of the molecule is CCNC(=NCC(O)c1ccco1)N1CCC(Cc2cnn(C)c2)C1. The van der Waals surface area contributed by atoms with Gasteiger partial charge in [0.2, 0.25) is 0 Å². The number of aliphatic hydroxyl groups excluding tert-OH is 1. The van der Waals surface area contributed by atoms with Crippen LogP contribution < -0.4 is 5.32 Å². The minimum Gasteiger partial charge on any atom is -0.467 e. The van der Waals surface area contributed by atoms with E-state index in [2.05, 4.69) is 33.4 Å². The van der Waals surface area contributed by atoms with E-state index < -0.39 is 6.10 Å². The van der Waals surface area contributed by atoms with Crippen molar-refractivity contribution in [2.24, 2.45) is 18.0 Å². The summed E-state index contributed by atoms with van der Waals surface area (Å²) in [7, 11) is 1.95. The first-order valence-electron chi connectivity index (χ1n) is 8.88. The van der Waals surface area contributed by atoms with Gasteiger partial charge in [0.15, 0.2) is 5.96 Å². The predicted octanol–water partition coefficient (Wildman–Crippen LogP) is 1.58. The minimum atomic E-state index is -0.711. The number of aromatic nitrogens is 2. The molecular weight excluding hydrogens is 318 g/mol. The molecule has 2 N–H and O–H groups in total. The lowest BCUT2D eigenvalue weighted by Crippen LogP contribution is -2.40. The molecule has 0 bridgehead atoms. The van der Waals surface area contributed by atoms with Gasteiger partial charge in [-0.2, -0.15) is 5.10 Å². The lowest BCUT2D eigenvalue weighted by atomic mass is 10.0. The molecule has 3 rings (SSSR count). The van der Waals surface area contributed by atoms with Gasteiger partial charge < -0.3 is 19.7 Å². The fourth-order valence-electron chi connectivity index (χ4n) is 3.27. The number of aryl methyl sites for hydroxylation is 1. The number of nitrogens with one attached hydrogen (secondary N) is 1. The first-order chi connectivity index (χ1) is 12.2. The first kappa shape index (κ1) is 17.5. The molecule has 2 atom stereocenters. The number of hydrogen-bond acceptors (Lipinski definition) is 4. The first-order valence-corrected chi connectivity index (χ1v) is 8.88. The molecule has 25 heavy (non-hydrogen) atoms. The molecule has 2 unspecified atom stereocenters. The maximum Gasteiger partial charge on any atom is 0.194 e. The Bertz CT molecular complexity index is 679. The van der Waals surface area contributed by atoms with Gasteiger partial charge in [-0.25, -0.2) is 4.99 Å². The van der Waals surface area contributed by atoms with Gasteiger partial charge in [-0.05, 0) is 43.4 Å². The second-order valence-electron chi connectivity index (χ2n) is 6.55. The van der Waals surface area contributed by atoms with Crippen LogP contribution in [0.15, 0.2) is 40.2 Å². The Morgan fingerprint density at radius 1 is 1.56 bits per heavy atom. The Kier molecular flexibility index (Phi) is 5.75. The monoisotopic (exact) mass is 345 g/mol. The van der Waals surface area contributed by atoms with Crippen LogP contribution in [0.2, 0.25) is 0 Å². The number of likely N-dealkylation sites (tertiary alicyclic amines) is 1. The average molecular weight is 345 g/mol. The molecule has 0 saturated carbocycles. The van der Waals surface area contributed by atoms with E-state index in [0.717, 1.165) is 38.4 Å². The average Bonchev–Trinajstić information content (AvgIpc) is 3.33. The third kappa shape index (κ3) is 4.63. The molecule has 0 aliphatic carbocycles. The zero-order valence-electron chi connectivity index (χ0n) is 14.9. The summed E-state index contributed by atoms with van der Waals surface area (Å²) in [6, 6.07) is 3.55. The van der Waals surface area contributed by atoms with Crippen LogP contribution in [-0.2, 0) is 13.5 Å². The van der Waals surface area contributed by atoms with E-state index >= 15 is 0 Å². The minimum absolute atomic E-state index is 0.291. The highest BCUT2D eigenvalue weighted by Gasteiger charge is 2.25. The van der Waals surface area contributed by atoms with Crippen LogP contribution in [0.4, 0.5) is 0 Å². The Morgan fingerprint density at radius 2 is 2.44 bits per heavy atom. The van der Waals surface area contributed by atoms with Crippen molar-refractivity contribution < 1.29 is 9.52 Å². The summed E-state index contributed by atoms with van der Waals surface area (Å²) >= 11 is 0. The molecule has 1 aliphatic heterocycles. The van der Waals surface area contributed by atoms with Crippen LogP contribution >= 0.6 is 0 Å². The number of hydrogen-bond donors (Lipinski definition) is 2. The maximum atomic E-state index is 10.2. The fourth-order valence-corrected chi connectivity index (χ4v) is 3.27. The van der Waals surface area contributed by atoms with Gasteiger partial charge in [0, 0.05) is 32.9 Å². The highest BCUT2D eigenvalue weighted by Crippen LogP contribution is 2.21. The summed E-state index contributed by atoms with van der Waals surface area (Å²) in [5.41, 5.74) is 1.28. The summed E-state index contributed by atoms with van der Waals surface area (Å²) in [5, 5.41) is 17.7. The molecule has 2 aromatic heterocycles. The molecule has 7 heteroatoms. The molecule has 2 aromatic rings. The van der Waals surface area contributed by atoms with Crippen LogP contribution in [0.5, 0.6) is 0 Å². The van der Waals surface area contributed by atoms with Gasteiger partial charge in [0.25, 0.3) is 0 Å². The molecule has 0 aromatic carbocycles. The molecule has 1 aliphatic rings. The van der Waals surface area contributed by atoms with Gasteiger partial charge in [-0.15, -0.1) is 0 Å². The topological polar surface area (TPSA) is 78.8 Å². The standard InChI is InChI=1S/C18H27N5O2/c1-3-19-18(20-11-16(24)17-5-4-8-25-17)23-7-6-14(13-23)9-15-10-21-22(2)12-15/h4-5,8,10,12,14,16,24H,3,6-7,9,11,13H2,1-2H3,(H,19,20). The van der Waals surface area contributed by atoms with E-state index in [1.807, 2.05) is 17.9 Å². The van der Waals surface area contributed by atoms with Crippen LogP contribution in [0.3, 0.4) is 0 Å². The van der Waals surface area contributed by atoms with E-state index in [1.54, 1.807) is 18.4 Å². The normalized spacial score (nSPS) is 19.4. The molecule has 0 amide bonds. The Labute approximate surface area is 148 Å². The van der Waals surface area contributed by atoms with E-state index in [-0.39, 0.29) is 0 Å². The van der Waals surface area contributed by atoms with E-state index in [1.165, 1.54) is 5.56 Å². The third-order valence-electron chi connectivity index (χ3n) is 4.49. The van der Waals surface area contributed by atoms with Crippen molar-refractivity contribution in [1.82, 2.24) is 20.0 Å². The van der Waals surface area contributed by atoms with Crippen LogP contribution in [0.1, 0.15) is 30.8 Å². The fraction of sp³-hybridized carbons (Fsp3) is 0.556. The molecular formula is C18H27N5O2. The lowest BCUT2D eigenvalue weighted by molar-refractivity contribution is 0.158. The summed E-state index contributed by atoms with van der Waals surface area (Å²) in [5.74, 6) is 2.01. The number of furan rings is 1. The van der Waals surface area contributed by atoms with E-state index in [4.69, 9.17) is 4.42 Å². The lowest BCUT2D eigenvalue weighted by Gasteiger charge is -2.22. The molecule has 3 heterocycles. The van der Waals surface area contributed by atoms with Gasteiger partial charge in [0.05, 0.1) is 19.0 Å². The number of rotatable bonds is 6. The van der Waals surface area contributed by atoms with Gasteiger partial charge in [-0.3, -0.25) is 4.68 Å². The molecule has 1 fully saturated rings. The maximum absolute atomic E-state index is 10.2. The number of aliphatic imine (C=N–C) groups is 1. The number of aliphatic hydroxyl groups is 1. The van der Waals surface area contributed by atoms with Crippen LogP contribution in [-0.4, -0.2) is 51.9 Å². The summed E-state index contributed by atoms with van der Waals surface area (Å²) in [6.07, 6.45) is 7.07. The second-order valence-corrected chi connectivity index (χ2v) is 6.55. The van der Waals surface area contributed by atoms with Gasteiger partial charge >= 0.3 is 0 Å². The van der Waals surface area contributed by atoms with Crippen molar-refractivity contribution in [1.29, 1.82) is 0 Å². The van der Waals surface area contributed by atoms with Crippen molar-refractivity contribution in [3.8, 4) is 0 Å². The quantitative estimate of drug-likeness (QED) is 0.614. The summed E-state index contributed by atoms with van der Waals surface area (Å²) in [4.78, 5) is 6.88.